The lowest BCUT2D eigenvalue weighted by Gasteiger charge is -2.26. The first-order valence-corrected chi connectivity index (χ1v) is 9.48. The maximum atomic E-state index is 5.94. The predicted molar refractivity (Wildman–Crippen MR) is 109 cm³/mol. The molecule has 1 aromatic heterocycles. The fourth-order valence-corrected chi connectivity index (χ4v) is 3.52. The van der Waals surface area contributed by atoms with E-state index in [9.17, 15) is 0 Å². The molecule has 2 aromatic rings. The summed E-state index contributed by atoms with van der Waals surface area (Å²) < 4.78 is 10.8. The molecule has 1 aromatic carbocycles. The Morgan fingerprint density at radius 1 is 1.26 bits per heavy atom. The maximum Gasteiger partial charge on any atom is 0.229 e. The highest BCUT2D eigenvalue weighted by molar-refractivity contribution is 5.68. The molecule has 7 heteroatoms. The van der Waals surface area contributed by atoms with Crippen molar-refractivity contribution in [3.8, 4) is 5.75 Å². The number of nitrogen functional groups attached to an aromatic ring is 1. The minimum atomic E-state index is 0.356. The number of aryl methyl sites for hydroxylation is 1. The quantitative estimate of drug-likeness (QED) is 0.688. The van der Waals surface area contributed by atoms with Crippen LogP contribution in [0.3, 0.4) is 0 Å². The molecule has 0 spiro atoms. The summed E-state index contributed by atoms with van der Waals surface area (Å²) in [5.74, 6) is 2.20. The van der Waals surface area contributed by atoms with E-state index in [0.29, 0.717) is 30.0 Å². The normalized spacial score (nSPS) is 16.6. The average molecular weight is 371 g/mol. The number of nitrogens with one attached hydrogen (secondary N) is 1. The van der Waals surface area contributed by atoms with Crippen molar-refractivity contribution in [3.63, 3.8) is 0 Å². The molecule has 27 heavy (non-hydrogen) atoms. The predicted octanol–water partition coefficient (Wildman–Crippen LogP) is 3.38. The van der Waals surface area contributed by atoms with Gasteiger partial charge in [0.05, 0.1) is 25.4 Å². The van der Waals surface area contributed by atoms with Gasteiger partial charge in [0, 0.05) is 31.1 Å². The molecule has 146 valence electrons. The second-order valence-electron chi connectivity index (χ2n) is 6.82. The Morgan fingerprint density at radius 2 is 2.11 bits per heavy atom. The van der Waals surface area contributed by atoms with Crippen molar-refractivity contribution in [2.45, 2.75) is 38.6 Å². The summed E-state index contributed by atoms with van der Waals surface area (Å²) >= 11 is 0. The third kappa shape index (κ3) is 4.60. The van der Waals surface area contributed by atoms with Gasteiger partial charge in [0.25, 0.3) is 0 Å². The third-order valence-electron chi connectivity index (χ3n) is 4.77. The molecule has 3 rings (SSSR count). The summed E-state index contributed by atoms with van der Waals surface area (Å²) in [6.07, 6.45) is 4.19. The zero-order chi connectivity index (χ0) is 19.2. The minimum absolute atomic E-state index is 0.356. The summed E-state index contributed by atoms with van der Waals surface area (Å²) in [4.78, 5) is 11.8. The molecule has 3 N–H and O–H groups in total. The van der Waals surface area contributed by atoms with E-state index in [2.05, 4.69) is 28.2 Å². The first-order valence-electron chi connectivity index (χ1n) is 9.48. The highest BCUT2D eigenvalue weighted by Gasteiger charge is 2.26. The van der Waals surface area contributed by atoms with Crippen LogP contribution in [0.2, 0.25) is 0 Å². The molecule has 0 amide bonds. The van der Waals surface area contributed by atoms with Crippen LogP contribution in [-0.2, 0) is 11.2 Å². The highest BCUT2D eigenvalue weighted by Crippen LogP contribution is 2.30. The maximum absolute atomic E-state index is 5.94. The molecule has 1 fully saturated rings. The number of hydrogen-bond donors (Lipinski definition) is 2. The van der Waals surface area contributed by atoms with Crippen LogP contribution in [0, 0.1) is 0 Å². The van der Waals surface area contributed by atoms with Gasteiger partial charge >= 0.3 is 0 Å². The molecule has 7 nitrogen and oxygen atoms in total. The van der Waals surface area contributed by atoms with Crippen LogP contribution >= 0.6 is 0 Å². The van der Waals surface area contributed by atoms with Crippen molar-refractivity contribution >= 4 is 23.1 Å². The number of nitrogens with two attached hydrogens (primary N) is 1. The largest absolute Gasteiger partial charge is 0.495 e. The molecule has 0 aliphatic carbocycles. The number of anilines is 4. The molecule has 1 saturated heterocycles. The Labute approximate surface area is 160 Å². The number of aromatic nitrogens is 2. The fraction of sp³-hybridized carbons (Fsp3) is 0.500. The smallest absolute Gasteiger partial charge is 0.229 e. The van der Waals surface area contributed by atoms with Crippen molar-refractivity contribution in [1.29, 1.82) is 0 Å². The van der Waals surface area contributed by atoms with Crippen LogP contribution in [0.15, 0.2) is 24.3 Å². The zero-order valence-electron chi connectivity index (χ0n) is 16.4. The second kappa shape index (κ2) is 8.90. The van der Waals surface area contributed by atoms with E-state index in [1.54, 1.807) is 14.2 Å². The number of ether oxygens (including phenoxy) is 2. The van der Waals surface area contributed by atoms with Crippen molar-refractivity contribution in [2.75, 3.05) is 43.3 Å². The van der Waals surface area contributed by atoms with Gasteiger partial charge in [-0.25, -0.2) is 4.98 Å². The van der Waals surface area contributed by atoms with E-state index < -0.39 is 0 Å². The Balaban J connectivity index is 1.93. The van der Waals surface area contributed by atoms with Crippen molar-refractivity contribution < 1.29 is 9.47 Å². The average Bonchev–Trinajstić information content (AvgIpc) is 3.11. The molecular weight excluding hydrogens is 342 g/mol. The first-order chi connectivity index (χ1) is 13.1. The van der Waals surface area contributed by atoms with E-state index in [0.717, 1.165) is 49.4 Å². The van der Waals surface area contributed by atoms with Crippen molar-refractivity contribution in [3.05, 3.63) is 30.0 Å². The lowest BCUT2D eigenvalue weighted by Crippen LogP contribution is -2.33. The topological polar surface area (TPSA) is 85.5 Å². The molecule has 0 radical (unpaired) electrons. The number of methoxy groups -OCH3 is 2. The van der Waals surface area contributed by atoms with Gasteiger partial charge in [0.15, 0.2) is 0 Å². The Bertz CT molecular complexity index is 768. The third-order valence-corrected chi connectivity index (χ3v) is 4.77. The summed E-state index contributed by atoms with van der Waals surface area (Å²) in [5.41, 5.74) is 8.37. The van der Waals surface area contributed by atoms with Gasteiger partial charge in [-0.1, -0.05) is 13.3 Å². The fourth-order valence-electron chi connectivity index (χ4n) is 3.52. The molecule has 0 bridgehead atoms. The van der Waals surface area contributed by atoms with Crippen LogP contribution in [0.5, 0.6) is 5.75 Å². The summed E-state index contributed by atoms with van der Waals surface area (Å²) in [6, 6.07) is 7.93. The number of rotatable bonds is 8. The van der Waals surface area contributed by atoms with Gasteiger partial charge < -0.3 is 25.4 Å². The SMILES string of the molecule is CCCc1cc(N2CCC[C@H]2COC)nc(Nc2cc(N)ccc2OC)n1. The molecule has 1 aliphatic heterocycles. The Morgan fingerprint density at radius 3 is 2.85 bits per heavy atom. The zero-order valence-corrected chi connectivity index (χ0v) is 16.4. The van der Waals surface area contributed by atoms with Crippen molar-refractivity contribution in [1.82, 2.24) is 9.97 Å². The molecule has 1 atom stereocenters. The van der Waals surface area contributed by atoms with Gasteiger partial charge in [-0.15, -0.1) is 0 Å². The van der Waals surface area contributed by atoms with Gasteiger partial charge in [0.2, 0.25) is 5.95 Å². The first kappa shape index (κ1) is 19.2. The number of nitrogens with zero attached hydrogens (tertiary/aromatic N) is 3. The van der Waals surface area contributed by atoms with Crippen LogP contribution in [-0.4, -0.2) is 43.4 Å². The van der Waals surface area contributed by atoms with Crippen LogP contribution in [0.4, 0.5) is 23.1 Å². The lowest BCUT2D eigenvalue weighted by atomic mass is 10.2. The molecule has 0 unspecified atom stereocenters. The summed E-state index contributed by atoms with van der Waals surface area (Å²) in [5, 5.41) is 3.29. The van der Waals surface area contributed by atoms with Crippen LogP contribution < -0.4 is 20.7 Å². The van der Waals surface area contributed by atoms with E-state index in [1.807, 2.05) is 18.2 Å². The van der Waals surface area contributed by atoms with Crippen LogP contribution in [0.25, 0.3) is 0 Å². The highest BCUT2D eigenvalue weighted by atomic mass is 16.5. The molecular formula is C20H29N5O2. The molecule has 1 aliphatic rings. The van der Waals surface area contributed by atoms with Crippen molar-refractivity contribution in [2.24, 2.45) is 0 Å². The number of benzene rings is 1. The van der Waals surface area contributed by atoms with E-state index in [4.69, 9.17) is 20.2 Å². The minimum Gasteiger partial charge on any atom is -0.495 e. The lowest BCUT2D eigenvalue weighted by molar-refractivity contribution is 0.180. The summed E-state index contributed by atoms with van der Waals surface area (Å²) in [7, 11) is 3.38. The summed E-state index contributed by atoms with van der Waals surface area (Å²) in [6.45, 7) is 3.84. The van der Waals surface area contributed by atoms with Gasteiger partial charge in [-0.3, -0.25) is 0 Å². The Hall–Kier alpha value is -2.54. The standard InChI is InChI=1S/C20H29N5O2/c1-4-6-15-12-19(25-10-5-7-16(25)13-26-2)24-20(22-15)23-17-11-14(21)8-9-18(17)27-3/h8-9,11-12,16H,4-7,10,13,21H2,1-3H3,(H,22,23,24)/t16-/m0/s1. The monoisotopic (exact) mass is 371 g/mol. The van der Waals surface area contributed by atoms with E-state index in [-0.39, 0.29) is 0 Å². The van der Waals surface area contributed by atoms with Gasteiger partial charge in [0.1, 0.15) is 11.6 Å². The van der Waals surface area contributed by atoms with Gasteiger partial charge in [-0.2, -0.15) is 4.98 Å². The second-order valence-corrected chi connectivity index (χ2v) is 6.82. The Kier molecular flexibility index (Phi) is 6.34. The van der Waals surface area contributed by atoms with Gasteiger partial charge in [-0.05, 0) is 37.5 Å². The number of hydrogen-bond acceptors (Lipinski definition) is 7. The molecule has 2 heterocycles. The van der Waals surface area contributed by atoms with E-state index in [1.165, 1.54) is 0 Å². The van der Waals surface area contributed by atoms with Crippen LogP contribution in [0.1, 0.15) is 31.9 Å². The van der Waals surface area contributed by atoms with E-state index >= 15 is 0 Å². The molecule has 0 saturated carbocycles.